The van der Waals surface area contributed by atoms with Gasteiger partial charge in [-0.25, -0.2) is 22.9 Å². The Labute approximate surface area is 186 Å². The van der Waals surface area contributed by atoms with Gasteiger partial charge in [0.25, 0.3) is 21.8 Å². The molecule has 0 aliphatic rings. The summed E-state index contributed by atoms with van der Waals surface area (Å²) in [6, 6.07) is 7.85. The fourth-order valence-corrected chi connectivity index (χ4v) is 3.50. The van der Waals surface area contributed by atoms with Crippen LogP contribution in [-0.2, 0) is 19.5 Å². The maximum atomic E-state index is 12.6. The summed E-state index contributed by atoms with van der Waals surface area (Å²) >= 11 is 0. The lowest BCUT2D eigenvalue weighted by atomic mass is 10.2. The first-order valence-corrected chi connectivity index (χ1v) is 11.3. The van der Waals surface area contributed by atoms with Gasteiger partial charge in [-0.3, -0.25) is 9.59 Å². The van der Waals surface area contributed by atoms with Crippen molar-refractivity contribution < 1.29 is 32.3 Å². The summed E-state index contributed by atoms with van der Waals surface area (Å²) in [4.78, 5) is 39.9. The molecule has 0 radical (unpaired) electrons. The number of pyridine rings is 1. The van der Waals surface area contributed by atoms with Crippen molar-refractivity contribution in [3.05, 3.63) is 59.4 Å². The molecule has 0 aliphatic carbocycles. The van der Waals surface area contributed by atoms with Crippen molar-refractivity contribution in [3.63, 3.8) is 0 Å². The lowest BCUT2D eigenvalue weighted by Gasteiger charge is -2.09. The number of carbonyl (C=O) groups excluding carboxylic acids is 3. The second kappa shape index (κ2) is 11.9. The van der Waals surface area contributed by atoms with Crippen LogP contribution in [0.4, 0.5) is 0 Å². The van der Waals surface area contributed by atoms with Crippen molar-refractivity contribution in [2.75, 3.05) is 26.9 Å². The van der Waals surface area contributed by atoms with Crippen molar-refractivity contribution >= 4 is 27.8 Å². The minimum absolute atomic E-state index is 0.00192. The predicted octanol–water partition coefficient (Wildman–Crippen LogP) is 1.53. The molecule has 2 aromatic rings. The standard InChI is InChI=1S/C21H25N3O7S/c1-3-11-31-21(27)18-9-8-16(14-23-18)20(26)24-32(28,29)17-7-4-6-15(13-17)19(25)22-10-5-12-30-2/h4,6-9,13-14H,3,5,10-12H2,1-2H3,(H,22,25)(H,24,26). The average Bonchev–Trinajstić information content (AvgIpc) is 2.80. The molecule has 2 rings (SSSR count). The van der Waals surface area contributed by atoms with Crippen LogP contribution < -0.4 is 10.0 Å². The number of sulfonamides is 1. The van der Waals surface area contributed by atoms with Gasteiger partial charge in [0, 0.05) is 32.0 Å². The SMILES string of the molecule is CCCOC(=O)c1ccc(C(=O)NS(=O)(=O)c2cccc(C(=O)NCCCOC)c2)cn1. The highest BCUT2D eigenvalue weighted by Crippen LogP contribution is 2.13. The lowest BCUT2D eigenvalue weighted by molar-refractivity contribution is 0.0497. The van der Waals surface area contributed by atoms with Gasteiger partial charge in [0.05, 0.1) is 17.1 Å². The van der Waals surface area contributed by atoms with Crippen LogP contribution in [0.15, 0.2) is 47.5 Å². The zero-order valence-electron chi connectivity index (χ0n) is 17.8. The minimum atomic E-state index is -4.25. The molecule has 11 heteroatoms. The van der Waals surface area contributed by atoms with Crippen LogP contribution in [0.25, 0.3) is 0 Å². The van der Waals surface area contributed by atoms with Crippen LogP contribution >= 0.6 is 0 Å². The number of hydrogen-bond donors (Lipinski definition) is 2. The van der Waals surface area contributed by atoms with Gasteiger partial charge in [-0.2, -0.15) is 0 Å². The zero-order valence-corrected chi connectivity index (χ0v) is 18.6. The van der Waals surface area contributed by atoms with Crippen LogP contribution in [0.2, 0.25) is 0 Å². The van der Waals surface area contributed by atoms with Crippen molar-refractivity contribution in [2.45, 2.75) is 24.7 Å². The van der Waals surface area contributed by atoms with E-state index in [4.69, 9.17) is 9.47 Å². The van der Waals surface area contributed by atoms with Gasteiger partial charge >= 0.3 is 5.97 Å². The van der Waals surface area contributed by atoms with E-state index >= 15 is 0 Å². The molecule has 32 heavy (non-hydrogen) atoms. The summed E-state index contributed by atoms with van der Waals surface area (Å²) in [6.45, 7) is 2.94. The maximum Gasteiger partial charge on any atom is 0.356 e. The Bertz CT molecular complexity index is 1050. The number of benzene rings is 1. The molecule has 0 spiro atoms. The summed E-state index contributed by atoms with van der Waals surface area (Å²) in [7, 11) is -2.70. The number of nitrogens with one attached hydrogen (secondary N) is 2. The monoisotopic (exact) mass is 463 g/mol. The number of amides is 2. The molecule has 1 heterocycles. The van der Waals surface area contributed by atoms with Crippen molar-refractivity contribution in [2.24, 2.45) is 0 Å². The number of aromatic nitrogens is 1. The van der Waals surface area contributed by atoms with Crippen molar-refractivity contribution in [1.82, 2.24) is 15.0 Å². The molecule has 2 amide bonds. The van der Waals surface area contributed by atoms with E-state index in [0.717, 1.165) is 6.20 Å². The minimum Gasteiger partial charge on any atom is -0.461 e. The van der Waals surface area contributed by atoms with E-state index in [2.05, 4.69) is 10.3 Å². The first-order valence-electron chi connectivity index (χ1n) is 9.86. The molecule has 0 bridgehead atoms. The van der Waals surface area contributed by atoms with E-state index in [-0.39, 0.29) is 28.3 Å². The highest BCUT2D eigenvalue weighted by molar-refractivity contribution is 7.90. The maximum absolute atomic E-state index is 12.6. The van der Waals surface area contributed by atoms with Gasteiger partial charge in [0.2, 0.25) is 0 Å². The number of rotatable bonds is 11. The summed E-state index contributed by atoms with van der Waals surface area (Å²) < 4.78 is 37.0. The molecule has 0 fully saturated rings. The zero-order chi connectivity index (χ0) is 23.6. The molecule has 0 unspecified atom stereocenters. The molecule has 1 aromatic heterocycles. The summed E-state index contributed by atoms with van der Waals surface area (Å²) in [5, 5.41) is 2.66. The Kier molecular flexibility index (Phi) is 9.29. The van der Waals surface area contributed by atoms with Gasteiger partial charge in [0.15, 0.2) is 0 Å². The van der Waals surface area contributed by atoms with E-state index < -0.39 is 27.8 Å². The number of carbonyl (C=O) groups is 3. The summed E-state index contributed by atoms with van der Waals surface area (Å²) in [5.74, 6) is -2.01. The molecule has 0 atom stereocenters. The Hall–Kier alpha value is -3.31. The second-order valence-corrected chi connectivity index (χ2v) is 8.32. The van der Waals surface area contributed by atoms with E-state index in [9.17, 15) is 22.8 Å². The molecule has 10 nitrogen and oxygen atoms in total. The van der Waals surface area contributed by atoms with Gasteiger partial charge in [0.1, 0.15) is 5.69 Å². The van der Waals surface area contributed by atoms with Crippen molar-refractivity contribution in [3.8, 4) is 0 Å². The Morgan fingerprint density at radius 1 is 1.03 bits per heavy atom. The van der Waals surface area contributed by atoms with Crippen molar-refractivity contribution in [1.29, 1.82) is 0 Å². The third kappa shape index (κ3) is 7.13. The summed E-state index contributed by atoms with van der Waals surface area (Å²) in [6.07, 6.45) is 2.34. The van der Waals surface area contributed by atoms with Crippen LogP contribution in [0, 0.1) is 0 Å². The molecular weight excluding hydrogens is 438 g/mol. The second-order valence-electron chi connectivity index (χ2n) is 6.63. The lowest BCUT2D eigenvalue weighted by Crippen LogP contribution is -2.31. The molecule has 0 aliphatic heterocycles. The third-order valence-corrected chi connectivity index (χ3v) is 5.45. The van der Waals surface area contributed by atoms with Gasteiger partial charge in [-0.15, -0.1) is 0 Å². The number of esters is 1. The molecule has 0 saturated heterocycles. The first kappa shape index (κ1) is 25.0. The van der Waals surface area contributed by atoms with Crippen LogP contribution in [0.1, 0.15) is 51.0 Å². The fraction of sp³-hybridized carbons (Fsp3) is 0.333. The smallest absolute Gasteiger partial charge is 0.356 e. The highest BCUT2D eigenvalue weighted by atomic mass is 32.2. The molecule has 1 aromatic carbocycles. The Morgan fingerprint density at radius 3 is 2.47 bits per heavy atom. The van der Waals surface area contributed by atoms with E-state index in [1.54, 1.807) is 7.11 Å². The summed E-state index contributed by atoms with van der Waals surface area (Å²) in [5.41, 5.74) is 0.0732. The fourth-order valence-electron chi connectivity index (χ4n) is 2.48. The van der Waals surface area contributed by atoms with Crippen LogP contribution in [-0.4, -0.2) is 58.1 Å². The highest BCUT2D eigenvalue weighted by Gasteiger charge is 2.21. The molecule has 2 N–H and O–H groups in total. The van der Waals surface area contributed by atoms with E-state index in [1.165, 1.54) is 36.4 Å². The van der Waals surface area contributed by atoms with Crippen LogP contribution in [0.5, 0.6) is 0 Å². The van der Waals surface area contributed by atoms with E-state index in [0.29, 0.717) is 26.0 Å². The average molecular weight is 464 g/mol. The van der Waals surface area contributed by atoms with E-state index in [1.807, 2.05) is 11.6 Å². The molecule has 172 valence electrons. The van der Waals surface area contributed by atoms with Gasteiger partial charge in [-0.1, -0.05) is 13.0 Å². The number of methoxy groups -OCH3 is 1. The van der Waals surface area contributed by atoms with Gasteiger partial charge in [-0.05, 0) is 43.2 Å². The molecular formula is C21H25N3O7S. The predicted molar refractivity (Wildman–Crippen MR) is 115 cm³/mol. The third-order valence-electron chi connectivity index (χ3n) is 4.12. The molecule has 0 saturated carbocycles. The Balaban J connectivity index is 2.06. The number of hydrogen-bond acceptors (Lipinski definition) is 8. The quantitative estimate of drug-likeness (QED) is 0.378. The van der Waals surface area contributed by atoms with Crippen LogP contribution in [0.3, 0.4) is 0 Å². The normalized spacial score (nSPS) is 10.9. The van der Waals surface area contributed by atoms with Gasteiger partial charge < -0.3 is 14.8 Å². The number of ether oxygens (including phenoxy) is 2. The largest absolute Gasteiger partial charge is 0.461 e. The number of nitrogens with zero attached hydrogens (tertiary/aromatic N) is 1. The first-order chi connectivity index (χ1) is 15.3. The topological polar surface area (TPSA) is 141 Å². The Morgan fingerprint density at radius 2 is 1.81 bits per heavy atom.